The van der Waals surface area contributed by atoms with Gasteiger partial charge in [-0.1, -0.05) is 30.3 Å². The highest BCUT2D eigenvalue weighted by molar-refractivity contribution is 5.91. The number of rotatable bonds is 9. The number of methoxy groups -OCH3 is 2. The van der Waals surface area contributed by atoms with Gasteiger partial charge in [0.15, 0.2) is 17.3 Å². The Kier molecular flexibility index (Phi) is 7.35. The van der Waals surface area contributed by atoms with E-state index in [1.807, 2.05) is 31.2 Å². The maximum atomic E-state index is 12.6. The number of hydrogen-bond donors (Lipinski definition) is 1. The Morgan fingerprint density at radius 3 is 2.52 bits per heavy atom. The summed E-state index contributed by atoms with van der Waals surface area (Å²) in [6.45, 7) is 4.40. The third-order valence-corrected chi connectivity index (χ3v) is 6.15. The summed E-state index contributed by atoms with van der Waals surface area (Å²) in [5.41, 5.74) is 3.79. The van der Waals surface area contributed by atoms with E-state index >= 15 is 0 Å². The van der Waals surface area contributed by atoms with Crippen LogP contribution in [-0.4, -0.2) is 37.6 Å². The molecule has 2 aromatic carbocycles. The summed E-state index contributed by atoms with van der Waals surface area (Å²) < 4.78 is 16.8. The van der Waals surface area contributed by atoms with E-state index < -0.39 is 0 Å². The van der Waals surface area contributed by atoms with Crippen molar-refractivity contribution in [3.8, 4) is 11.5 Å². The molecule has 33 heavy (non-hydrogen) atoms. The fraction of sp³-hybridized carbons (Fsp3) is 0.370. The summed E-state index contributed by atoms with van der Waals surface area (Å²) in [5.74, 6) is 2.50. The van der Waals surface area contributed by atoms with Crippen molar-refractivity contribution in [2.75, 3.05) is 20.8 Å². The van der Waals surface area contributed by atoms with Crippen LogP contribution in [0, 0.1) is 0 Å². The second-order valence-electron chi connectivity index (χ2n) is 8.60. The van der Waals surface area contributed by atoms with Gasteiger partial charge in [0.1, 0.15) is 5.76 Å². The smallest absolute Gasteiger partial charge is 0.287 e. The van der Waals surface area contributed by atoms with Gasteiger partial charge in [0.2, 0.25) is 0 Å². The van der Waals surface area contributed by atoms with Crippen LogP contribution in [0.5, 0.6) is 11.5 Å². The van der Waals surface area contributed by atoms with E-state index in [-0.39, 0.29) is 11.9 Å². The Balaban J connectivity index is 1.31. The first-order chi connectivity index (χ1) is 16.1. The van der Waals surface area contributed by atoms with Crippen LogP contribution in [0.15, 0.2) is 59.0 Å². The highest BCUT2D eigenvalue weighted by Crippen LogP contribution is 2.33. The van der Waals surface area contributed by atoms with Crippen LogP contribution in [0.1, 0.15) is 46.3 Å². The van der Waals surface area contributed by atoms with Gasteiger partial charge in [-0.25, -0.2) is 0 Å². The fourth-order valence-electron chi connectivity index (χ4n) is 4.28. The number of fused-ring (bicyclic) bond motifs is 1. The first-order valence-corrected chi connectivity index (χ1v) is 11.5. The lowest BCUT2D eigenvalue weighted by molar-refractivity contribution is 0.0906. The molecular weight excluding hydrogens is 416 g/mol. The number of amides is 1. The molecule has 174 valence electrons. The summed E-state index contributed by atoms with van der Waals surface area (Å²) in [7, 11) is 3.32. The van der Waals surface area contributed by atoms with E-state index in [1.54, 1.807) is 20.3 Å². The second kappa shape index (κ2) is 10.6. The van der Waals surface area contributed by atoms with Crippen molar-refractivity contribution in [3.63, 3.8) is 0 Å². The number of carbonyl (C=O) groups is 1. The zero-order chi connectivity index (χ0) is 23.2. The van der Waals surface area contributed by atoms with Crippen LogP contribution in [0.25, 0.3) is 0 Å². The molecule has 1 N–H and O–H groups in total. The molecule has 1 aliphatic heterocycles. The van der Waals surface area contributed by atoms with Gasteiger partial charge >= 0.3 is 0 Å². The Bertz CT molecular complexity index is 1080. The van der Waals surface area contributed by atoms with Crippen molar-refractivity contribution in [3.05, 3.63) is 82.8 Å². The molecule has 1 atom stereocenters. The summed E-state index contributed by atoms with van der Waals surface area (Å²) in [4.78, 5) is 14.9. The van der Waals surface area contributed by atoms with E-state index in [0.717, 1.165) is 49.6 Å². The number of benzene rings is 2. The van der Waals surface area contributed by atoms with Crippen LogP contribution >= 0.6 is 0 Å². The lowest BCUT2D eigenvalue weighted by Crippen LogP contribution is -2.32. The number of furan rings is 1. The van der Waals surface area contributed by atoms with Crippen molar-refractivity contribution < 1.29 is 18.7 Å². The number of carbonyl (C=O) groups excluding carboxylic acids is 1. The molecule has 2 heterocycles. The van der Waals surface area contributed by atoms with Gasteiger partial charge in [0.05, 0.1) is 20.8 Å². The highest BCUT2D eigenvalue weighted by Gasteiger charge is 2.21. The molecule has 0 bridgehead atoms. The van der Waals surface area contributed by atoms with E-state index in [0.29, 0.717) is 12.3 Å². The molecule has 0 fully saturated rings. The average Bonchev–Trinajstić information content (AvgIpc) is 3.31. The predicted octanol–water partition coefficient (Wildman–Crippen LogP) is 4.61. The molecular formula is C27H32N2O4. The zero-order valence-corrected chi connectivity index (χ0v) is 19.6. The molecule has 1 amide bonds. The third kappa shape index (κ3) is 5.76. The molecule has 6 heteroatoms. The van der Waals surface area contributed by atoms with Crippen LogP contribution in [0.2, 0.25) is 0 Å². The number of ether oxygens (including phenoxy) is 2. The number of aryl methyl sites for hydroxylation is 1. The maximum Gasteiger partial charge on any atom is 0.287 e. The van der Waals surface area contributed by atoms with Crippen molar-refractivity contribution in [1.29, 1.82) is 0 Å². The Morgan fingerprint density at radius 2 is 1.79 bits per heavy atom. The van der Waals surface area contributed by atoms with Crippen molar-refractivity contribution >= 4 is 5.91 Å². The zero-order valence-electron chi connectivity index (χ0n) is 19.6. The lowest BCUT2D eigenvalue weighted by atomic mass is 9.98. The molecule has 0 saturated carbocycles. The van der Waals surface area contributed by atoms with Crippen molar-refractivity contribution in [2.24, 2.45) is 0 Å². The van der Waals surface area contributed by atoms with Crippen LogP contribution in [-0.2, 0) is 25.9 Å². The van der Waals surface area contributed by atoms with Gasteiger partial charge < -0.3 is 19.2 Å². The van der Waals surface area contributed by atoms with Gasteiger partial charge in [-0.05, 0) is 67.1 Å². The number of hydrogen-bond acceptors (Lipinski definition) is 5. The predicted molar refractivity (Wildman–Crippen MR) is 128 cm³/mol. The van der Waals surface area contributed by atoms with Gasteiger partial charge in [0, 0.05) is 19.1 Å². The first kappa shape index (κ1) is 22.9. The van der Waals surface area contributed by atoms with Gasteiger partial charge in [-0.2, -0.15) is 0 Å². The first-order valence-electron chi connectivity index (χ1n) is 11.5. The molecule has 3 aromatic rings. The summed E-state index contributed by atoms with van der Waals surface area (Å²) in [5, 5.41) is 3.05. The van der Waals surface area contributed by atoms with Gasteiger partial charge in [-0.15, -0.1) is 0 Å². The summed E-state index contributed by atoms with van der Waals surface area (Å²) in [6, 6.07) is 18.2. The van der Waals surface area contributed by atoms with E-state index in [1.165, 1.54) is 16.7 Å². The van der Waals surface area contributed by atoms with Crippen LogP contribution in [0.4, 0.5) is 0 Å². The molecule has 0 saturated heterocycles. The summed E-state index contributed by atoms with van der Waals surface area (Å²) in [6.07, 6.45) is 2.74. The number of nitrogens with zero attached hydrogens (tertiary/aromatic N) is 1. The minimum atomic E-state index is -0.164. The monoisotopic (exact) mass is 448 g/mol. The molecule has 0 aliphatic carbocycles. The average molecular weight is 449 g/mol. The largest absolute Gasteiger partial charge is 0.493 e. The standard InChI is InChI=1S/C27H32N2O4/c1-19(9-10-20-7-5-4-6-8-20)28-27(30)24-12-11-23(33-24)18-29-14-13-21-15-25(31-2)26(32-3)16-22(21)17-29/h4-8,11-12,15-16,19H,9-10,13-14,17-18H2,1-3H3,(H,28,30). The van der Waals surface area contributed by atoms with E-state index in [4.69, 9.17) is 13.9 Å². The Labute approximate surface area is 195 Å². The molecule has 1 aliphatic rings. The van der Waals surface area contributed by atoms with Gasteiger partial charge in [0.25, 0.3) is 5.91 Å². The maximum absolute atomic E-state index is 12.6. The SMILES string of the molecule is COc1cc2c(cc1OC)CN(Cc1ccc(C(=O)NC(C)CCc3ccccc3)o1)CC2. The lowest BCUT2D eigenvalue weighted by Gasteiger charge is -2.28. The molecule has 1 aromatic heterocycles. The Morgan fingerprint density at radius 1 is 1.06 bits per heavy atom. The topological polar surface area (TPSA) is 63.9 Å². The highest BCUT2D eigenvalue weighted by atomic mass is 16.5. The quantitative estimate of drug-likeness (QED) is 0.518. The van der Waals surface area contributed by atoms with E-state index in [2.05, 4.69) is 34.5 Å². The molecule has 6 nitrogen and oxygen atoms in total. The van der Waals surface area contributed by atoms with Crippen molar-refractivity contribution in [1.82, 2.24) is 10.2 Å². The minimum absolute atomic E-state index is 0.0665. The number of nitrogens with one attached hydrogen (secondary N) is 1. The second-order valence-corrected chi connectivity index (χ2v) is 8.60. The van der Waals surface area contributed by atoms with Crippen molar-refractivity contribution in [2.45, 2.75) is 45.3 Å². The fourth-order valence-corrected chi connectivity index (χ4v) is 4.28. The third-order valence-electron chi connectivity index (χ3n) is 6.15. The summed E-state index contributed by atoms with van der Waals surface area (Å²) >= 11 is 0. The van der Waals surface area contributed by atoms with Crippen LogP contribution in [0.3, 0.4) is 0 Å². The minimum Gasteiger partial charge on any atom is -0.493 e. The molecule has 1 unspecified atom stereocenters. The normalized spacial score (nSPS) is 14.4. The molecule has 0 spiro atoms. The Hall–Kier alpha value is -3.25. The molecule has 0 radical (unpaired) electrons. The van der Waals surface area contributed by atoms with E-state index in [9.17, 15) is 4.79 Å². The molecule has 4 rings (SSSR count). The van der Waals surface area contributed by atoms with Gasteiger partial charge in [-0.3, -0.25) is 9.69 Å². The van der Waals surface area contributed by atoms with Crippen LogP contribution < -0.4 is 14.8 Å².